The average Bonchev–Trinajstić information content (AvgIpc) is 2.73. The average molecular weight is 236 g/mol. The van der Waals surface area contributed by atoms with Crippen LogP contribution in [0.4, 0.5) is 5.95 Å². The predicted molar refractivity (Wildman–Crippen MR) is 67.0 cm³/mol. The van der Waals surface area contributed by atoms with Gasteiger partial charge in [-0.1, -0.05) is 6.42 Å². The van der Waals surface area contributed by atoms with Gasteiger partial charge in [-0.25, -0.2) is 4.98 Å². The smallest absolute Gasteiger partial charge is 0.225 e. The van der Waals surface area contributed by atoms with Crippen LogP contribution in [0.3, 0.4) is 0 Å². The van der Waals surface area contributed by atoms with E-state index in [9.17, 15) is 0 Å². The monoisotopic (exact) mass is 236 g/mol. The van der Waals surface area contributed by atoms with Crippen molar-refractivity contribution < 1.29 is 4.74 Å². The lowest BCUT2D eigenvalue weighted by molar-refractivity contribution is 0.326. The van der Waals surface area contributed by atoms with Crippen molar-refractivity contribution >= 4 is 5.95 Å². The van der Waals surface area contributed by atoms with Gasteiger partial charge in [0.15, 0.2) is 0 Å². The van der Waals surface area contributed by atoms with Gasteiger partial charge >= 0.3 is 0 Å². The van der Waals surface area contributed by atoms with Crippen LogP contribution in [-0.2, 0) is 0 Å². The van der Waals surface area contributed by atoms with Gasteiger partial charge in [0.1, 0.15) is 0 Å². The first-order valence-electron chi connectivity index (χ1n) is 6.25. The Bertz CT molecular complexity index is 358. The predicted octanol–water partition coefficient (Wildman–Crippen LogP) is 1.41. The second-order valence-corrected chi connectivity index (χ2v) is 4.39. The quantitative estimate of drug-likeness (QED) is 0.808. The van der Waals surface area contributed by atoms with Crippen LogP contribution in [0.2, 0.25) is 0 Å². The molecule has 0 aliphatic heterocycles. The van der Waals surface area contributed by atoms with E-state index < -0.39 is 0 Å². The molecule has 0 spiro atoms. The Morgan fingerprint density at radius 1 is 1.53 bits per heavy atom. The van der Waals surface area contributed by atoms with Crippen molar-refractivity contribution in [2.45, 2.75) is 32.2 Å². The van der Waals surface area contributed by atoms with Gasteiger partial charge in [-0.2, -0.15) is 4.98 Å². The van der Waals surface area contributed by atoms with E-state index in [1.165, 1.54) is 12.8 Å². The third-order valence-electron chi connectivity index (χ3n) is 3.16. The summed E-state index contributed by atoms with van der Waals surface area (Å²) in [6.07, 6.45) is 5.26. The number of nitrogens with two attached hydrogens (primary N) is 1. The Kier molecular flexibility index (Phi) is 4.14. The van der Waals surface area contributed by atoms with Gasteiger partial charge in [0, 0.05) is 24.8 Å². The summed E-state index contributed by atoms with van der Waals surface area (Å²) in [5.74, 6) is 1.77. The van der Waals surface area contributed by atoms with Crippen LogP contribution in [-0.4, -0.2) is 29.2 Å². The summed E-state index contributed by atoms with van der Waals surface area (Å²) in [5, 5.41) is 3.23. The number of ether oxygens (including phenoxy) is 1. The summed E-state index contributed by atoms with van der Waals surface area (Å²) in [7, 11) is 0. The van der Waals surface area contributed by atoms with Gasteiger partial charge in [-0.3, -0.25) is 0 Å². The summed E-state index contributed by atoms with van der Waals surface area (Å²) < 4.78 is 5.32. The zero-order chi connectivity index (χ0) is 12.1. The lowest BCUT2D eigenvalue weighted by atomic mass is 10.1. The molecule has 17 heavy (non-hydrogen) atoms. The Labute approximate surface area is 102 Å². The normalized spacial score (nSPS) is 23.6. The Hall–Kier alpha value is -1.36. The van der Waals surface area contributed by atoms with E-state index in [1.54, 1.807) is 12.3 Å². The van der Waals surface area contributed by atoms with E-state index in [1.807, 2.05) is 6.92 Å². The standard InChI is InChI=1S/C12H20N4O/c1-2-17-11-6-7-14-12(16-11)15-8-9-4-3-5-10(9)13/h6-7,9-10H,2-5,8,13H2,1H3,(H,14,15,16). The van der Waals surface area contributed by atoms with Crippen molar-refractivity contribution in [3.63, 3.8) is 0 Å². The number of nitrogens with one attached hydrogen (secondary N) is 1. The van der Waals surface area contributed by atoms with Crippen LogP contribution in [0.15, 0.2) is 12.3 Å². The number of hydrogen-bond acceptors (Lipinski definition) is 5. The molecule has 3 N–H and O–H groups in total. The van der Waals surface area contributed by atoms with Gasteiger partial charge in [0.05, 0.1) is 6.61 Å². The fraction of sp³-hybridized carbons (Fsp3) is 0.667. The van der Waals surface area contributed by atoms with E-state index in [4.69, 9.17) is 10.5 Å². The third-order valence-corrected chi connectivity index (χ3v) is 3.16. The lowest BCUT2D eigenvalue weighted by Gasteiger charge is -2.15. The summed E-state index contributed by atoms with van der Waals surface area (Å²) >= 11 is 0. The Balaban J connectivity index is 1.87. The molecular weight excluding hydrogens is 216 g/mol. The first-order valence-corrected chi connectivity index (χ1v) is 6.25. The molecule has 2 atom stereocenters. The second-order valence-electron chi connectivity index (χ2n) is 4.39. The largest absolute Gasteiger partial charge is 0.478 e. The number of nitrogens with zero attached hydrogens (tertiary/aromatic N) is 2. The molecule has 5 nitrogen and oxygen atoms in total. The van der Waals surface area contributed by atoms with E-state index in [0.29, 0.717) is 30.4 Å². The molecule has 1 aromatic rings. The molecule has 94 valence electrons. The maximum atomic E-state index is 6.02. The van der Waals surface area contributed by atoms with E-state index in [0.717, 1.165) is 13.0 Å². The summed E-state index contributed by atoms with van der Waals surface area (Å²) in [5.41, 5.74) is 6.02. The molecule has 1 saturated carbocycles. The van der Waals surface area contributed by atoms with Crippen molar-refractivity contribution in [1.29, 1.82) is 0 Å². The molecule has 0 saturated heterocycles. The molecule has 0 bridgehead atoms. The maximum Gasteiger partial charge on any atom is 0.225 e. The molecule has 5 heteroatoms. The maximum absolute atomic E-state index is 6.02. The van der Waals surface area contributed by atoms with Crippen LogP contribution in [0.1, 0.15) is 26.2 Å². The minimum atomic E-state index is 0.317. The van der Waals surface area contributed by atoms with Crippen LogP contribution < -0.4 is 15.8 Å². The third kappa shape index (κ3) is 3.30. The van der Waals surface area contributed by atoms with E-state index in [2.05, 4.69) is 15.3 Å². The molecule has 1 aliphatic rings. The number of anilines is 1. The van der Waals surface area contributed by atoms with Crippen molar-refractivity contribution in [2.24, 2.45) is 11.7 Å². The van der Waals surface area contributed by atoms with Crippen molar-refractivity contribution in [3.8, 4) is 5.88 Å². The van der Waals surface area contributed by atoms with Crippen LogP contribution in [0, 0.1) is 5.92 Å². The fourth-order valence-electron chi connectivity index (χ4n) is 2.20. The molecule has 1 aromatic heterocycles. The number of aromatic nitrogens is 2. The first-order chi connectivity index (χ1) is 8.29. The van der Waals surface area contributed by atoms with Crippen LogP contribution in [0.5, 0.6) is 5.88 Å². The molecule has 0 aromatic carbocycles. The second kappa shape index (κ2) is 5.82. The van der Waals surface area contributed by atoms with Gasteiger partial charge in [-0.15, -0.1) is 0 Å². The Morgan fingerprint density at radius 3 is 3.12 bits per heavy atom. The first kappa shape index (κ1) is 12.1. The SMILES string of the molecule is CCOc1ccnc(NCC2CCCC2N)n1. The van der Waals surface area contributed by atoms with Crippen molar-refractivity contribution in [1.82, 2.24) is 9.97 Å². The number of hydrogen-bond donors (Lipinski definition) is 2. The highest BCUT2D eigenvalue weighted by atomic mass is 16.5. The minimum Gasteiger partial charge on any atom is -0.478 e. The van der Waals surface area contributed by atoms with E-state index >= 15 is 0 Å². The molecule has 1 fully saturated rings. The topological polar surface area (TPSA) is 73.1 Å². The van der Waals surface area contributed by atoms with Crippen LogP contribution >= 0.6 is 0 Å². The fourth-order valence-corrected chi connectivity index (χ4v) is 2.20. The summed E-state index contributed by atoms with van der Waals surface area (Å²) in [4.78, 5) is 8.43. The highest BCUT2D eigenvalue weighted by molar-refractivity contribution is 5.27. The lowest BCUT2D eigenvalue weighted by Crippen LogP contribution is -2.30. The molecule has 2 rings (SSSR count). The molecule has 1 heterocycles. The van der Waals surface area contributed by atoms with Gasteiger partial charge in [0.25, 0.3) is 0 Å². The Morgan fingerprint density at radius 2 is 2.41 bits per heavy atom. The molecule has 0 radical (unpaired) electrons. The van der Waals surface area contributed by atoms with Crippen LogP contribution in [0.25, 0.3) is 0 Å². The summed E-state index contributed by atoms with van der Waals surface area (Å²) in [6, 6.07) is 2.08. The number of rotatable bonds is 5. The summed E-state index contributed by atoms with van der Waals surface area (Å²) in [6.45, 7) is 3.40. The van der Waals surface area contributed by atoms with Crippen molar-refractivity contribution in [3.05, 3.63) is 12.3 Å². The van der Waals surface area contributed by atoms with Crippen molar-refractivity contribution in [2.75, 3.05) is 18.5 Å². The molecule has 2 unspecified atom stereocenters. The van der Waals surface area contributed by atoms with E-state index in [-0.39, 0.29) is 0 Å². The zero-order valence-electron chi connectivity index (χ0n) is 10.2. The van der Waals surface area contributed by atoms with Gasteiger partial charge in [-0.05, 0) is 25.7 Å². The molecular formula is C12H20N4O. The highest BCUT2D eigenvalue weighted by Crippen LogP contribution is 2.23. The van der Waals surface area contributed by atoms with Gasteiger partial charge < -0.3 is 15.8 Å². The van der Waals surface area contributed by atoms with Gasteiger partial charge in [0.2, 0.25) is 11.8 Å². The molecule has 0 amide bonds. The molecule has 1 aliphatic carbocycles. The highest BCUT2D eigenvalue weighted by Gasteiger charge is 2.23. The zero-order valence-corrected chi connectivity index (χ0v) is 10.2. The minimum absolute atomic E-state index is 0.317.